The van der Waals surface area contributed by atoms with Gasteiger partial charge in [0.15, 0.2) is 0 Å². The molecule has 0 heterocycles. The smallest absolute Gasteiger partial charge is 0.304 e. The van der Waals surface area contributed by atoms with E-state index >= 15 is 0 Å². The van der Waals surface area contributed by atoms with Gasteiger partial charge in [0.05, 0.1) is 12.3 Å². The van der Waals surface area contributed by atoms with Crippen LogP contribution in [-0.2, 0) is 16.0 Å². The molecule has 0 radical (unpaired) electrons. The monoisotopic (exact) mass is 409 g/mol. The molecule has 0 spiro atoms. The maximum atomic E-state index is 12.6. The first-order valence-corrected chi connectivity index (χ1v) is 8.56. The third-order valence-electron chi connectivity index (χ3n) is 3.71. The van der Waals surface area contributed by atoms with E-state index in [0.717, 1.165) is 15.6 Å². The minimum Gasteiger partial charge on any atom is -0.481 e. The van der Waals surface area contributed by atoms with Gasteiger partial charge in [0, 0.05) is 15.2 Å². The summed E-state index contributed by atoms with van der Waals surface area (Å²) in [6, 6.07) is 12.7. The Kier molecular flexibility index (Phi) is 6.40. The van der Waals surface area contributed by atoms with Crippen LogP contribution in [0.2, 0.25) is 5.02 Å². The maximum absolute atomic E-state index is 12.6. The zero-order valence-corrected chi connectivity index (χ0v) is 15.4. The molecular weight excluding hydrogens is 394 g/mol. The summed E-state index contributed by atoms with van der Waals surface area (Å²) < 4.78 is 0.931. The van der Waals surface area contributed by atoms with Crippen molar-refractivity contribution < 1.29 is 14.7 Å². The number of amides is 1. The summed E-state index contributed by atoms with van der Waals surface area (Å²) in [6.07, 6.45) is 0.118. The third kappa shape index (κ3) is 5.08. The lowest BCUT2D eigenvalue weighted by molar-refractivity contribution is -0.140. The second-order valence-corrected chi connectivity index (χ2v) is 6.85. The zero-order chi connectivity index (χ0) is 17.7. The van der Waals surface area contributed by atoms with E-state index in [1.54, 1.807) is 25.1 Å². The van der Waals surface area contributed by atoms with Crippen LogP contribution in [0.1, 0.15) is 17.5 Å². The van der Waals surface area contributed by atoms with Crippen LogP contribution in [0.3, 0.4) is 0 Å². The van der Waals surface area contributed by atoms with Crippen molar-refractivity contribution in [3.8, 4) is 0 Å². The second-order valence-electron chi connectivity index (χ2n) is 5.53. The molecule has 0 aliphatic carbocycles. The SMILES string of the molecule is Cc1c(Cl)cccc1NC(=O)C(CC(=O)O)Cc1ccc(Br)cc1. The van der Waals surface area contributed by atoms with E-state index in [1.807, 2.05) is 24.3 Å². The molecule has 2 aromatic carbocycles. The Labute approximate surface area is 154 Å². The number of halogens is 2. The van der Waals surface area contributed by atoms with Crippen LogP contribution in [0.5, 0.6) is 0 Å². The fraction of sp³-hybridized carbons (Fsp3) is 0.222. The average molecular weight is 411 g/mol. The third-order valence-corrected chi connectivity index (χ3v) is 4.65. The van der Waals surface area contributed by atoms with Gasteiger partial charge in [-0.3, -0.25) is 9.59 Å². The highest BCUT2D eigenvalue weighted by Crippen LogP contribution is 2.24. The van der Waals surface area contributed by atoms with Crippen LogP contribution in [0.4, 0.5) is 5.69 Å². The second kappa shape index (κ2) is 8.31. The van der Waals surface area contributed by atoms with Crippen LogP contribution in [-0.4, -0.2) is 17.0 Å². The number of anilines is 1. The summed E-state index contributed by atoms with van der Waals surface area (Å²) in [4.78, 5) is 23.7. The fourth-order valence-corrected chi connectivity index (χ4v) is 2.79. The number of nitrogens with one attached hydrogen (secondary N) is 1. The van der Waals surface area contributed by atoms with Crippen molar-refractivity contribution >= 4 is 45.1 Å². The molecule has 4 nitrogen and oxygen atoms in total. The first-order valence-electron chi connectivity index (χ1n) is 7.39. The van der Waals surface area contributed by atoms with Crippen LogP contribution < -0.4 is 5.32 Å². The topological polar surface area (TPSA) is 66.4 Å². The summed E-state index contributed by atoms with van der Waals surface area (Å²) in [5, 5.41) is 12.5. The molecule has 6 heteroatoms. The number of benzene rings is 2. The normalized spacial score (nSPS) is 11.8. The first kappa shape index (κ1) is 18.5. The molecule has 0 bridgehead atoms. The number of hydrogen-bond donors (Lipinski definition) is 2. The summed E-state index contributed by atoms with van der Waals surface area (Å²) in [6.45, 7) is 1.80. The van der Waals surface area contributed by atoms with E-state index in [-0.39, 0.29) is 12.3 Å². The largest absolute Gasteiger partial charge is 0.481 e. The lowest BCUT2D eigenvalue weighted by Gasteiger charge is -2.17. The van der Waals surface area contributed by atoms with Crippen LogP contribution in [0.15, 0.2) is 46.9 Å². The highest BCUT2D eigenvalue weighted by molar-refractivity contribution is 9.10. The Balaban J connectivity index is 2.17. The molecule has 1 unspecified atom stereocenters. The number of rotatable bonds is 6. The van der Waals surface area contributed by atoms with Gasteiger partial charge in [-0.1, -0.05) is 45.7 Å². The highest BCUT2D eigenvalue weighted by atomic mass is 79.9. The Morgan fingerprint density at radius 1 is 1.21 bits per heavy atom. The molecule has 1 amide bonds. The zero-order valence-electron chi connectivity index (χ0n) is 13.1. The Morgan fingerprint density at radius 3 is 2.50 bits per heavy atom. The average Bonchev–Trinajstić information content (AvgIpc) is 2.53. The molecule has 0 aliphatic rings. The van der Waals surface area contributed by atoms with Gasteiger partial charge in [-0.15, -0.1) is 0 Å². The maximum Gasteiger partial charge on any atom is 0.304 e. The van der Waals surface area contributed by atoms with Crippen LogP contribution >= 0.6 is 27.5 Å². The van der Waals surface area contributed by atoms with E-state index < -0.39 is 11.9 Å². The van der Waals surface area contributed by atoms with Gasteiger partial charge >= 0.3 is 5.97 Å². The molecule has 2 aromatic rings. The van der Waals surface area contributed by atoms with Gasteiger partial charge in [-0.05, 0) is 48.7 Å². The molecular formula is C18H17BrClNO3. The number of carboxylic acid groups (broad SMARTS) is 1. The Bertz CT molecular complexity index is 746. The number of hydrogen-bond acceptors (Lipinski definition) is 2. The van der Waals surface area contributed by atoms with Crippen molar-refractivity contribution in [2.24, 2.45) is 5.92 Å². The van der Waals surface area contributed by atoms with Crippen molar-refractivity contribution in [1.82, 2.24) is 0 Å². The molecule has 1 atom stereocenters. The fourth-order valence-electron chi connectivity index (χ4n) is 2.35. The van der Waals surface area contributed by atoms with Crippen molar-refractivity contribution in [2.75, 3.05) is 5.32 Å². The number of carboxylic acids is 1. The van der Waals surface area contributed by atoms with Crippen molar-refractivity contribution in [1.29, 1.82) is 0 Å². The molecule has 24 heavy (non-hydrogen) atoms. The number of carbonyl (C=O) groups is 2. The minimum absolute atomic E-state index is 0.235. The Hall–Kier alpha value is -1.85. The number of aliphatic carboxylic acids is 1. The number of carbonyl (C=O) groups excluding carboxylic acids is 1. The molecule has 0 aliphatic heterocycles. The standard InChI is InChI=1S/C18H17BrClNO3/c1-11-15(20)3-2-4-16(11)21-18(24)13(10-17(22)23)9-12-5-7-14(19)8-6-12/h2-8,13H,9-10H2,1H3,(H,21,24)(H,22,23). The van der Waals surface area contributed by atoms with E-state index in [9.17, 15) is 9.59 Å². The van der Waals surface area contributed by atoms with Gasteiger partial charge < -0.3 is 10.4 Å². The van der Waals surface area contributed by atoms with Crippen molar-refractivity contribution in [2.45, 2.75) is 19.8 Å². The van der Waals surface area contributed by atoms with Crippen LogP contribution in [0.25, 0.3) is 0 Å². The Morgan fingerprint density at radius 2 is 1.88 bits per heavy atom. The van der Waals surface area contributed by atoms with E-state index in [1.165, 1.54) is 0 Å². The molecule has 126 valence electrons. The summed E-state index contributed by atoms with van der Waals surface area (Å²) in [5.74, 6) is -2.00. The first-order chi connectivity index (χ1) is 11.4. The van der Waals surface area contributed by atoms with Gasteiger partial charge in [0.1, 0.15) is 0 Å². The highest BCUT2D eigenvalue weighted by Gasteiger charge is 2.23. The van der Waals surface area contributed by atoms with Crippen LogP contribution in [0, 0.1) is 12.8 Å². The lowest BCUT2D eigenvalue weighted by Crippen LogP contribution is -2.27. The minimum atomic E-state index is -1.00. The van der Waals surface area contributed by atoms with Crippen molar-refractivity contribution in [3.05, 3.63) is 63.1 Å². The molecule has 0 fully saturated rings. The van der Waals surface area contributed by atoms with Gasteiger partial charge in [0.2, 0.25) is 5.91 Å². The molecule has 0 aromatic heterocycles. The molecule has 2 rings (SSSR count). The summed E-state index contributed by atoms with van der Waals surface area (Å²) in [7, 11) is 0. The molecule has 0 saturated heterocycles. The predicted octanol–water partition coefficient (Wildman–Crippen LogP) is 4.68. The van der Waals surface area contributed by atoms with Gasteiger partial charge in [0.25, 0.3) is 0 Å². The van der Waals surface area contributed by atoms with Gasteiger partial charge in [-0.25, -0.2) is 0 Å². The van der Waals surface area contributed by atoms with E-state index in [0.29, 0.717) is 17.1 Å². The van der Waals surface area contributed by atoms with Gasteiger partial charge in [-0.2, -0.15) is 0 Å². The predicted molar refractivity (Wildman–Crippen MR) is 98.4 cm³/mol. The van der Waals surface area contributed by atoms with E-state index in [2.05, 4.69) is 21.2 Å². The lowest BCUT2D eigenvalue weighted by atomic mass is 9.95. The quantitative estimate of drug-likeness (QED) is 0.726. The summed E-state index contributed by atoms with van der Waals surface area (Å²) in [5.41, 5.74) is 2.26. The molecule has 2 N–H and O–H groups in total. The molecule has 0 saturated carbocycles. The summed E-state index contributed by atoms with van der Waals surface area (Å²) >= 11 is 9.41. The van der Waals surface area contributed by atoms with Crippen molar-refractivity contribution in [3.63, 3.8) is 0 Å². The van der Waals surface area contributed by atoms with E-state index in [4.69, 9.17) is 16.7 Å².